The number of nitrogens with zero attached hydrogens (tertiary/aromatic N) is 1. The molecule has 2 aromatic rings. The van der Waals surface area contributed by atoms with Gasteiger partial charge in [0.15, 0.2) is 0 Å². The number of aryl methyl sites for hydroxylation is 1. The summed E-state index contributed by atoms with van der Waals surface area (Å²) in [5, 5.41) is 0. The third-order valence-electron chi connectivity index (χ3n) is 2.63. The molecule has 0 unspecified atom stereocenters. The van der Waals surface area contributed by atoms with Crippen LogP contribution in [0.25, 0.3) is 11.1 Å². The number of rotatable bonds is 1. The van der Waals surface area contributed by atoms with Crippen molar-refractivity contribution in [2.24, 2.45) is 0 Å². The van der Waals surface area contributed by atoms with Crippen LogP contribution in [0.15, 0.2) is 36.5 Å². The van der Waals surface area contributed by atoms with Gasteiger partial charge in [-0.3, -0.25) is 4.98 Å². The Bertz CT molecular complexity index is 577. The van der Waals surface area contributed by atoms with Crippen LogP contribution in [0, 0.1) is 6.92 Å². The minimum atomic E-state index is -4.40. The third kappa shape index (κ3) is 2.30. The van der Waals surface area contributed by atoms with Gasteiger partial charge >= 0.3 is 6.18 Å². The van der Waals surface area contributed by atoms with Gasteiger partial charge < -0.3 is 5.73 Å². The summed E-state index contributed by atoms with van der Waals surface area (Å²) in [6, 6.07) is 6.91. The molecule has 0 bridgehead atoms. The van der Waals surface area contributed by atoms with E-state index in [0.29, 0.717) is 16.9 Å². The molecule has 2 nitrogen and oxygen atoms in total. The van der Waals surface area contributed by atoms with Crippen molar-refractivity contribution in [3.8, 4) is 11.1 Å². The summed E-state index contributed by atoms with van der Waals surface area (Å²) in [5.41, 5.74) is 6.26. The predicted octanol–water partition coefficient (Wildman–Crippen LogP) is 3.66. The van der Waals surface area contributed by atoms with Gasteiger partial charge in [0.1, 0.15) is 0 Å². The molecule has 1 aromatic carbocycles. The van der Waals surface area contributed by atoms with Crippen molar-refractivity contribution in [1.82, 2.24) is 4.98 Å². The zero-order valence-electron chi connectivity index (χ0n) is 9.62. The number of alkyl halides is 3. The van der Waals surface area contributed by atoms with Crippen LogP contribution in [0.3, 0.4) is 0 Å². The molecule has 0 saturated carbocycles. The van der Waals surface area contributed by atoms with E-state index >= 15 is 0 Å². The van der Waals surface area contributed by atoms with E-state index in [9.17, 15) is 13.2 Å². The maximum Gasteiger partial charge on any atom is 0.417 e. The van der Waals surface area contributed by atoms with Gasteiger partial charge in [-0.25, -0.2) is 0 Å². The zero-order valence-corrected chi connectivity index (χ0v) is 9.62. The van der Waals surface area contributed by atoms with Crippen molar-refractivity contribution in [2.75, 3.05) is 5.73 Å². The number of aromatic nitrogens is 1. The summed E-state index contributed by atoms with van der Waals surface area (Å²) >= 11 is 0. The fourth-order valence-corrected chi connectivity index (χ4v) is 1.79. The molecule has 0 fully saturated rings. The Morgan fingerprint density at radius 1 is 1.11 bits per heavy atom. The second kappa shape index (κ2) is 4.33. The summed E-state index contributed by atoms with van der Waals surface area (Å²) in [5.74, 6) is 0. The molecule has 5 heteroatoms. The number of hydrogen-bond acceptors (Lipinski definition) is 2. The Balaban J connectivity index is 2.68. The standard InChI is InChI=1S/C13H11F3N2/c1-8-11(6-9(17)7-18-8)10-4-2-3-5-12(10)13(14,15)16/h2-7H,17H2,1H3. The highest BCUT2D eigenvalue weighted by Gasteiger charge is 2.33. The first kappa shape index (κ1) is 12.4. The van der Waals surface area contributed by atoms with Crippen molar-refractivity contribution in [3.05, 3.63) is 47.8 Å². The van der Waals surface area contributed by atoms with Crippen molar-refractivity contribution >= 4 is 5.69 Å². The maximum absolute atomic E-state index is 12.9. The van der Waals surface area contributed by atoms with E-state index in [4.69, 9.17) is 5.73 Å². The minimum absolute atomic E-state index is 0.0994. The van der Waals surface area contributed by atoms with Crippen molar-refractivity contribution in [3.63, 3.8) is 0 Å². The molecule has 1 aromatic heterocycles. The van der Waals surface area contributed by atoms with Crippen molar-refractivity contribution in [2.45, 2.75) is 13.1 Å². The molecule has 18 heavy (non-hydrogen) atoms. The summed E-state index contributed by atoms with van der Waals surface area (Å²) in [6.45, 7) is 1.65. The Labute approximate surface area is 102 Å². The lowest BCUT2D eigenvalue weighted by Crippen LogP contribution is -2.07. The largest absolute Gasteiger partial charge is 0.417 e. The first-order valence-electron chi connectivity index (χ1n) is 5.28. The van der Waals surface area contributed by atoms with E-state index in [1.807, 2.05) is 0 Å². The summed E-state index contributed by atoms with van der Waals surface area (Å²) in [6.07, 6.45) is -2.97. The van der Waals surface area contributed by atoms with E-state index in [1.165, 1.54) is 24.4 Å². The Kier molecular flexibility index (Phi) is 2.98. The lowest BCUT2D eigenvalue weighted by molar-refractivity contribution is -0.137. The normalized spacial score (nSPS) is 11.6. The minimum Gasteiger partial charge on any atom is -0.397 e. The van der Waals surface area contributed by atoms with E-state index in [-0.39, 0.29) is 5.56 Å². The maximum atomic E-state index is 12.9. The van der Waals surface area contributed by atoms with Crippen LogP contribution in [0.5, 0.6) is 0 Å². The summed E-state index contributed by atoms with van der Waals surface area (Å²) in [4.78, 5) is 3.99. The Morgan fingerprint density at radius 3 is 2.44 bits per heavy atom. The highest BCUT2D eigenvalue weighted by atomic mass is 19.4. The molecule has 94 valence electrons. The third-order valence-corrected chi connectivity index (χ3v) is 2.63. The number of nitrogens with two attached hydrogens (primary N) is 1. The topological polar surface area (TPSA) is 38.9 Å². The van der Waals surface area contributed by atoms with Gasteiger partial charge in [0, 0.05) is 11.3 Å². The van der Waals surface area contributed by atoms with Crippen molar-refractivity contribution in [1.29, 1.82) is 0 Å². The molecule has 1 heterocycles. The van der Waals surface area contributed by atoms with Crippen LogP contribution in [0.2, 0.25) is 0 Å². The monoisotopic (exact) mass is 252 g/mol. The van der Waals surface area contributed by atoms with Crippen LogP contribution in [-0.4, -0.2) is 4.98 Å². The van der Waals surface area contributed by atoms with Crippen LogP contribution in [0.1, 0.15) is 11.3 Å². The molecule has 0 aliphatic heterocycles. The molecule has 0 spiro atoms. The molecule has 0 aliphatic carbocycles. The van der Waals surface area contributed by atoms with Gasteiger partial charge in [-0.05, 0) is 24.6 Å². The average molecular weight is 252 g/mol. The number of pyridine rings is 1. The second-order valence-corrected chi connectivity index (χ2v) is 3.94. The van der Waals surface area contributed by atoms with E-state index < -0.39 is 11.7 Å². The molecule has 2 N–H and O–H groups in total. The lowest BCUT2D eigenvalue weighted by Gasteiger charge is -2.14. The fourth-order valence-electron chi connectivity index (χ4n) is 1.79. The SMILES string of the molecule is Cc1ncc(N)cc1-c1ccccc1C(F)(F)F. The average Bonchev–Trinajstić information content (AvgIpc) is 2.31. The van der Waals surface area contributed by atoms with Crippen LogP contribution < -0.4 is 5.73 Å². The molecule has 0 atom stereocenters. The molecule has 2 rings (SSSR count). The van der Waals surface area contributed by atoms with Crippen LogP contribution in [0.4, 0.5) is 18.9 Å². The van der Waals surface area contributed by atoms with Gasteiger partial charge in [-0.2, -0.15) is 13.2 Å². The Morgan fingerprint density at radius 2 is 1.78 bits per heavy atom. The number of halogens is 3. The molecular formula is C13H11F3N2. The highest BCUT2D eigenvalue weighted by molar-refractivity contribution is 5.72. The van der Waals surface area contributed by atoms with Crippen LogP contribution >= 0.6 is 0 Å². The molecule has 0 radical (unpaired) electrons. The number of hydrogen-bond donors (Lipinski definition) is 1. The van der Waals surface area contributed by atoms with E-state index in [1.54, 1.807) is 13.0 Å². The van der Waals surface area contributed by atoms with E-state index in [0.717, 1.165) is 6.07 Å². The van der Waals surface area contributed by atoms with Gasteiger partial charge in [-0.1, -0.05) is 18.2 Å². The number of nitrogen functional groups attached to an aromatic ring is 1. The second-order valence-electron chi connectivity index (χ2n) is 3.94. The Hall–Kier alpha value is -2.04. The van der Waals surface area contributed by atoms with Gasteiger partial charge in [-0.15, -0.1) is 0 Å². The quantitative estimate of drug-likeness (QED) is 0.841. The molecule has 0 aliphatic rings. The van der Waals surface area contributed by atoms with Gasteiger partial charge in [0.05, 0.1) is 17.4 Å². The molecular weight excluding hydrogens is 241 g/mol. The molecule has 0 amide bonds. The predicted molar refractivity (Wildman–Crippen MR) is 63.8 cm³/mol. The van der Waals surface area contributed by atoms with Crippen molar-refractivity contribution < 1.29 is 13.2 Å². The molecule has 0 saturated heterocycles. The fraction of sp³-hybridized carbons (Fsp3) is 0.154. The van der Waals surface area contributed by atoms with Crippen LogP contribution in [-0.2, 0) is 6.18 Å². The van der Waals surface area contributed by atoms with E-state index in [2.05, 4.69) is 4.98 Å². The summed E-state index contributed by atoms with van der Waals surface area (Å²) in [7, 11) is 0. The number of benzene rings is 1. The zero-order chi connectivity index (χ0) is 13.3. The summed E-state index contributed by atoms with van der Waals surface area (Å²) < 4.78 is 38.7. The first-order chi connectivity index (χ1) is 8.39. The smallest absolute Gasteiger partial charge is 0.397 e. The number of anilines is 1. The first-order valence-corrected chi connectivity index (χ1v) is 5.28. The van der Waals surface area contributed by atoms with Gasteiger partial charge in [0.2, 0.25) is 0 Å². The lowest BCUT2D eigenvalue weighted by atomic mass is 9.98. The van der Waals surface area contributed by atoms with Gasteiger partial charge in [0.25, 0.3) is 0 Å². The highest BCUT2D eigenvalue weighted by Crippen LogP contribution is 2.37.